The van der Waals surface area contributed by atoms with Gasteiger partial charge >= 0.3 is 0 Å². The van der Waals surface area contributed by atoms with Gasteiger partial charge in [-0.15, -0.1) is 0 Å². The molecule has 0 heterocycles. The van der Waals surface area contributed by atoms with Crippen LogP contribution in [0.5, 0.6) is 5.75 Å². The molecule has 2 N–H and O–H groups in total. The summed E-state index contributed by atoms with van der Waals surface area (Å²) in [4.78, 5) is 0. The number of aryl methyl sites for hydroxylation is 1. The number of ether oxygens (including phenoxy) is 1. The molecule has 1 unspecified atom stereocenters. The van der Waals surface area contributed by atoms with Crippen LogP contribution >= 0.6 is 0 Å². The SMILES string of the molecule is Cc1ccc(CC(N)c2ccc(OC(C)C)cc2)cc1. The van der Waals surface area contributed by atoms with Gasteiger partial charge in [-0.1, -0.05) is 42.0 Å². The Labute approximate surface area is 121 Å². The van der Waals surface area contributed by atoms with E-state index in [0.717, 1.165) is 17.7 Å². The van der Waals surface area contributed by atoms with Crippen LogP contribution in [0.1, 0.15) is 36.6 Å². The molecular formula is C18H23NO. The van der Waals surface area contributed by atoms with Gasteiger partial charge in [0.05, 0.1) is 6.10 Å². The second-order valence-electron chi connectivity index (χ2n) is 5.53. The van der Waals surface area contributed by atoms with Gasteiger partial charge in [0, 0.05) is 6.04 Å². The molecule has 0 radical (unpaired) electrons. The largest absolute Gasteiger partial charge is 0.491 e. The van der Waals surface area contributed by atoms with Crippen LogP contribution in [0.2, 0.25) is 0 Å². The van der Waals surface area contributed by atoms with Crippen molar-refractivity contribution in [1.29, 1.82) is 0 Å². The fraction of sp³-hybridized carbons (Fsp3) is 0.333. The normalized spacial score (nSPS) is 12.4. The van der Waals surface area contributed by atoms with Crippen LogP contribution in [0.3, 0.4) is 0 Å². The number of rotatable bonds is 5. The molecule has 2 heteroatoms. The minimum Gasteiger partial charge on any atom is -0.491 e. The van der Waals surface area contributed by atoms with E-state index < -0.39 is 0 Å². The summed E-state index contributed by atoms with van der Waals surface area (Å²) in [6.07, 6.45) is 1.05. The third kappa shape index (κ3) is 4.10. The van der Waals surface area contributed by atoms with Crippen LogP contribution in [0, 0.1) is 6.92 Å². The zero-order valence-electron chi connectivity index (χ0n) is 12.5. The average molecular weight is 269 g/mol. The van der Waals surface area contributed by atoms with Crippen molar-refractivity contribution in [3.8, 4) is 5.75 Å². The summed E-state index contributed by atoms with van der Waals surface area (Å²) in [5, 5.41) is 0. The summed E-state index contributed by atoms with van der Waals surface area (Å²) in [7, 11) is 0. The van der Waals surface area contributed by atoms with E-state index in [-0.39, 0.29) is 12.1 Å². The minimum absolute atomic E-state index is 0.0193. The lowest BCUT2D eigenvalue weighted by Gasteiger charge is -2.14. The number of nitrogens with two attached hydrogens (primary N) is 1. The zero-order valence-corrected chi connectivity index (χ0v) is 12.5. The molecule has 0 spiro atoms. The molecule has 0 saturated heterocycles. The Morgan fingerprint density at radius 3 is 2.10 bits per heavy atom. The van der Waals surface area contributed by atoms with Gasteiger partial charge in [0.1, 0.15) is 5.75 Å². The first-order valence-corrected chi connectivity index (χ1v) is 7.12. The molecule has 2 rings (SSSR count). The van der Waals surface area contributed by atoms with E-state index in [4.69, 9.17) is 10.5 Å². The van der Waals surface area contributed by atoms with Crippen molar-refractivity contribution in [3.63, 3.8) is 0 Å². The second-order valence-corrected chi connectivity index (χ2v) is 5.53. The quantitative estimate of drug-likeness (QED) is 0.889. The molecule has 0 aliphatic heterocycles. The topological polar surface area (TPSA) is 35.2 Å². The van der Waals surface area contributed by atoms with E-state index in [1.807, 2.05) is 26.0 Å². The lowest BCUT2D eigenvalue weighted by molar-refractivity contribution is 0.242. The number of benzene rings is 2. The van der Waals surface area contributed by atoms with E-state index >= 15 is 0 Å². The van der Waals surface area contributed by atoms with Crippen molar-refractivity contribution in [3.05, 3.63) is 65.2 Å². The van der Waals surface area contributed by atoms with Crippen molar-refractivity contribution in [2.75, 3.05) is 0 Å². The van der Waals surface area contributed by atoms with Gasteiger partial charge in [0.25, 0.3) is 0 Å². The van der Waals surface area contributed by atoms with E-state index in [1.54, 1.807) is 0 Å². The Morgan fingerprint density at radius 1 is 0.950 bits per heavy atom. The summed E-state index contributed by atoms with van der Waals surface area (Å²) in [5.74, 6) is 0.895. The zero-order chi connectivity index (χ0) is 14.5. The molecule has 0 bridgehead atoms. The number of hydrogen-bond acceptors (Lipinski definition) is 2. The highest BCUT2D eigenvalue weighted by molar-refractivity contribution is 5.31. The molecule has 2 nitrogen and oxygen atoms in total. The standard InChI is InChI=1S/C18H23NO/c1-13(2)20-17-10-8-16(9-11-17)18(19)12-15-6-4-14(3)5-7-15/h4-11,13,18H,12,19H2,1-3H3. The first-order chi connectivity index (χ1) is 9.54. The molecular weight excluding hydrogens is 246 g/mol. The second kappa shape index (κ2) is 6.58. The van der Waals surface area contributed by atoms with Crippen LogP contribution in [-0.4, -0.2) is 6.10 Å². The lowest BCUT2D eigenvalue weighted by Crippen LogP contribution is -2.13. The monoisotopic (exact) mass is 269 g/mol. The highest BCUT2D eigenvalue weighted by atomic mass is 16.5. The van der Waals surface area contributed by atoms with Crippen LogP contribution in [-0.2, 0) is 6.42 Å². The predicted octanol–water partition coefficient (Wildman–Crippen LogP) is 4.02. The first-order valence-electron chi connectivity index (χ1n) is 7.12. The van der Waals surface area contributed by atoms with E-state index in [1.165, 1.54) is 11.1 Å². The van der Waals surface area contributed by atoms with Crippen LogP contribution in [0.4, 0.5) is 0 Å². The van der Waals surface area contributed by atoms with E-state index in [9.17, 15) is 0 Å². The third-order valence-electron chi connectivity index (χ3n) is 3.26. The van der Waals surface area contributed by atoms with Crippen molar-refractivity contribution >= 4 is 0 Å². The van der Waals surface area contributed by atoms with Gasteiger partial charge in [-0.25, -0.2) is 0 Å². The lowest BCUT2D eigenvalue weighted by atomic mass is 9.99. The van der Waals surface area contributed by atoms with Crippen LogP contribution in [0.25, 0.3) is 0 Å². The Hall–Kier alpha value is -1.80. The maximum absolute atomic E-state index is 6.28. The van der Waals surface area contributed by atoms with Crippen LogP contribution in [0.15, 0.2) is 48.5 Å². The maximum Gasteiger partial charge on any atom is 0.119 e. The smallest absolute Gasteiger partial charge is 0.119 e. The van der Waals surface area contributed by atoms with Gasteiger partial charge in [-0.3, -0.25) is 0 Å². The highest BCUT2D eigenvalue weighted by Gasteiger charge is 2.07. The molecule has 0 aliphatic carbocycles. The Morgan fingerprint density at radius 2 is 1.55 bits per heavy atom. The molecule has 1 atom stereocenters. The van der Waals surface area contributed by atoms with Crippen molar-refractivity contribution < 1.29 is 4.74 Å². The maximum atomic E-state index is 6.28. The molecule has 2 aromatic rings. The van der Waals surface area contributed by atoms with Gasteiger partial charge < -0.3 is 10.5 Å². The number of hydrogen-bond donors (Lipinski definition) is 1. The van der Waals surface area contributed by atoms with Crippen molar-refractivity contribution in [1.82, 2.24) is 0 Å². The molecule has 106 valence electrons. The summed E-state index contributed by atoms with van der Waals surface area (Å²) in [6.45, 7) is 6.14. The van der Waals surface area contributed by atoms with Gasteiger partial charge in [0.15, 0.2) is 0 Å². The first kappa shape index (κ1) is 14.6. The molecule has 0 amide bonds. The fourth-order valence-corrected chi connectivity index (χ4v) is 2.16. The molecule has 0 aromatic heterocycles. The van der Waals surface area contributed by atoms with Crippen LogP contribution < -0.4 is 10.5 Å². The summed E-state index contributed by atoms with van der Waals surface area (Å²) < 4.78 is 5.64. The van der Waals surface area contributed by atoms with Gasteiger partial charge in [0.2, 0.25) is 0 Å². The predicted molar refractivity (Wildman–Crippen MR) is 84.0 cm³/mol. The molecule has 0 fully saturated rings. The average Bonchev–Trinajstić information content (AvgIpc) is 2.41. The molecule has 0 saturated carbocycles. The van der Waals surface area contributed by atoms with Crippen molar-refractivity contribution in [2.45, 2.75) is 39.3 Å². The summed E-state index contributed by atoms with van der Waals surface area (Å²) in [6, 6.07) is 16.6. The Bertz CT molecular complexity index is 528. The highest BCUT2D eigenvalue weighted by Crippen LogP contribution is 2.20. The third-order valence-corrected chi connectivity index (χ3v) is 3.26. The van der Waals surface area contributed by atoms with Gasteiger partial charge in [-0.2, -0.15) is 0 Å². The fourth-order valence-electron chi connectivity index (χ4n) is 2.16. The molecule has 20 heavy (non-hydrogen) atoms. The Kier molecular flexibility index (Phi) is 4.80. The minimum atomic E-state index is 0.0193. The summed E-state index contributed by atoms with van der Waals surface area (Å²) >= 11 is 0. The summed E-state index contributed by atoms with van der Waals surface area (Å²) in [5.41, 5.74) is 9.96. The van der Waals surface area contributed by atoms with E-state index in [0.29, 0.717) is 0 Å². The van der Waals surface area contributed by atoms with Crippen molar-refractivity contribution in [2.24, 2.45) is 5.73 Å². The van der Waals surface area contributed by atoms with E-state index in [2.05, 4.69) is 43.3 Å². The molecule has 2 aromatic carbocycles. The van der Waals surface area contributed by atoms with Gasteiger partial charge in [-0.05, 0) is 50.5 Å². The molecule has 0 aliphatic rings. The Balaban J connectivity index is 2.01.